The lowest BCUT2D eigenvalue weighted by atomic mass is 9.94. The van der Waals surface area contributed by atoms with E-state index in [4.69, 9.17) is 0 Å². The fraction of sp³-hybridized carbons (Fsp3) is 0.900. The Kier molecular flexibility index (Phi) is 8.90. The average Bonchev–Trinajstić information content (AvgIpc) is 2.54. The molecule has 0 saturated heterocycles. The van der Waals surface area contributed by atoms with E-state index in [-0.39, 0.29) is 31.6 Å². The Bertz CT molecular complexity index is 451. The predicted octanol–water partition coefficient (Wildman–Crippen LogP) is 5.94. The van der Waals surface area contributed by atoms with Crippen LogP contribution in [0.5, 0.6) is 0 Å². The normalized spacial score (nSPS) is 20.2. The number of alkyl halides is 4. The van der Waals surface area contributed by atoms with Crippen molar-refractivity contribution in [3.05, 3.63) is 11.8 Å². The molecular formula is C20H36F4N2. The van der Waals surface area contributed by atoms with Crippen LogP contribution in [0.1, 0.15) is 72.6 Å². The van der Waals surface area contributed by atoms with Crippen LogP contribution in [-0.4, -0.2) is 53.9 Å². The van der Waals surface area contributed by atoms with E-state index in [1.54, 1.807) is 0 Å². The van der Waals surface area contributed by atoms with E-state index in [0.29, 0.717) is 0 Å². The van der Waals surface area contributed by atoms with Crippen molar-refractivity contribution < 1.29 is 17.6 Å². The first-order valence-corrected chi connectivity index (χ1v) is 9.95. The first-order chi connectivity index (χ1) is 12.0. The Morgan fingerprint density at radius 3 is 2.38 bits per heavy atom. The second-order valence-corrected chi connectivity index (χ2v) is 7.89. The number of allylic oxidation sites excluding steroid dienone is 1. The van der Waals surface area contributed by atoms with Gasteiger partial charge < -0.3 is 9.80 Å². The number of rotatable bonds is 11. The fourth-order valence-corrected chi connectivity index (χ4v) is 3.46. The third-order valence-electron chi connectivity index (χ3n) is 5.49. The predicted molar refractivity (Wildman–Crippen MR) is 99.9 cm³/mol. The van der Waals surface area contributed by atoms with Crippen molar-refractivity contribution >= 4 is 0 Å². The smallest absolute Gasteiger partial charge is 0.272 e. The van der Waals surface area contributed by atoms with E-state index in [2.05, 4.69) is 6.92 Å². The monoisotopic (exact) mass is 380 g/mol. The van der Waals surface area contributed by atoms with Crippen LogP contribution in [-0.2, 0) is 0 Å². The molecule has 0 aliphatic carbocycles. The molecule has 2 unspecified atom stereocenters. The highest BCUT2D eigenvalue weighted by Crippen LogP contribution is 2.40. The maximum Gasteiger partial charge on any atom is 0.272 e. The molecule has 0 bridgehead atoms. The van der Waals surface area contributed by atoms with Crippen molar-refractivity contribution in [3.8, 4) is 0 Å². The van der Waals surface area contributed by atoms with Gasteiger partial charge in [0.2, 0.25) is 0 Å². The first-order valence-electron chi connectivity index (χ1n) is 9.95. The van der Waals surface area contributed by atoms with Crippen LogP contribution >= 0.6 is 0 Å². The molecule has 0 N–H and O–H groups in total. The molecule has 1 aliphatic rings. The zero-order chi connectivity index (χ0) is 20.0. The summed E-state index contributed by atoms with van der Waals surface area (Å²) >= 11 is 0. The van der Waals surface area contributed by atoms with Gasteiger partial charge in [-0.05, 0) is 33.7 Å². The van der Waals surface area contributed by atoms with Gasteiger partial charge in [0.05, 0.1) is 0 Å². The molecule has 0 amide bonds. The van der Waals surface area contributed by atoms with Crippen LogP contribution in [0.25, 0.3) is 0 Å². The molecule has 0 aromatic heterocycles. The lowest BCUT2D eigenvalue weighted by Crippen LogP contribution is -2.41. The second-order valence-electron chi connectivity index (χ2n) is 7.89. The van der Waals surface area contributed by atoms with Gasteiger partial charge in [-0.25, -0.2) is 17.6 Å². The summed E-state index contributed by atoms with van der Waals surface area (Å²) in [5.41, 5.74) is -0.416. The summed E-state index contributed by atoms with van der Waals surface area (Å²) in [5, 5.41) is 0. The number of hydrogen-bond acceptors (Lipinski definition) is 2. The van der Waals surface area contributed by atoms with Crippen LogP contribution in [0.4, 0.5) is 17.6 Å². The van der Waals surface area contributed by atoms with Crippen molar-refractivity contribution in [1.29, 1.82) is 0 Å². The van der Waals surface area contributed by atoms with Gasteiger partial charge in [0.25, 0.3) is 11.8 Å². The van der Waals surface area contributed by atoms with E-state index >= 15 is 0 Å². The van der Waals surface area contributed by atoms with Crippen LogP contribution < -0.4 is 0 Å². The SMILES string of the molecule is CCCC(C)N(C)CCC(F)(F)CC1=CN(C(C)CCC)CCC1(F)F. The van der Waals surface area contributed by atoms with E-state index < -0.39 is 30.3 Å². The number of nitrogens with zero attached hydrogens (tertiary/aromatic N) is 2. The van der Waals surface area contributed by atoms with Crippen LogP contribution in [0.3, 0.4) is 0 Å². The molecule has 26 heavy (non-hydrogen) atoms. The van der Waals surface area contributed by atoms with E-state index in [1.807, 2.05) is 37.6 Å². The number of halogens is 4. The number of hydrogen-bond donors (Lipinski definition) is 0. The van der Waals surface area contributed by atoms with Crippen molar-refractivity contribution in [2.45, 2.75) is 96.6 Å². The van der Waals surface area contributed by atoms with E-state index in [0.717, 1.165) is 25.7 Å². The zero-order valence-electron chi connectivity index (χ0n) is 17.0. The highest BCUT2D eigenvalue weighted by atomic mass is 19.3. The standard InChI is InChI=1S/C20H36F4N2/c1-6-8-16(3)25(5)12-10-19(21,22)14-18-15-26(17(4)9-7-2)13-11-20(18,23)24/h15-17H,6-14H2,1-5H3. The molecule has 0 aromatic carbocycles. The lowest BCUT2D eigenvalue weighted by Gasteiger charge is -2.37. The molecule has 6 heteroatoms. The molecule has 0 fully saturated rings. The third kappa shape index (κ3) is 7.09. The molecule has 2 atom stereocenters. The zero-order valence-corrected chi connectivity index (χ0v) is 17.0. The highest BCUT2D eigenvalue weighted by molar-refractivity contribution is 5.18. The second kappa shape index (κ2) is 9.95. The van der Waals surface area contributed by atoms with Crippen molar-refractivity contribution in [2.24, 2.45) is 0 Å². The largest absolute Gasteiger partial charge is 0.374 e. The molecule has 1 rings (SSSR count). The van der Waals surface area contributed by atoms with Gasteiger partial charge in [0.15, 0.2) is 0 Å². The maximum absolute atomic E-state index is 14.4. The molecule has 0 radical (unpaired) electrons. The Balaban J connectivity index is 2.74. The average molecular weight is 381 g/mol. The third-order valence-corrected chi connectivity index (χ3v) is 5.49. The van der Waals surface area contributed by atoms with Crippen LogP contribution in [0.2, 0.25) is 0 Å². The minimum atomic E-state index is -3.13. The molecule has 0 spiro atoms. The van der Waals surface area contributed by atoms with Gasteiger partial charge in [0, 0.05) is 56.2 Å². The van der Waals surface area contributed by atoms with Gasteiger partial charge in [-0.3, -0.25) is 0 Å². The fourth-order valence-electron chi connectivity index (χ4n) is 3.46. The van der Waals surface area contributed by atoms with E-state index in [1.165, 1.54) is 6.20 Å². The Morgan fingerprint density at radius 1 is 1.19 bits per heavy atom. The van der Waals surface area contributed by atoms with Crippen LogP contribution in [0.15, 0.2) is 11.8 Å². The van der Waals surface area contributed by atoms with Crippen molar-refractivity contribution in [2.75, 3.05) is 20.1 Å². The maximum atomic E-state index is 14.4. The summed E-state index contributed by atoms with van der Waals surface area (Å²) in [6.07, 6.45) is 3.42. The highest BCUT2D eigenvalue weighted by Gasteiger charge is 2.43. The minimum absolute atomic E-state index is 0.0979. The van der Waals surface area contributed by atoms with Gasteiger partial charge in [-0.15, -0.1) is 0 Å². The summed E-state index contributed by atoms with van der Waals surface area (Å²) in [6.45, 7) is 8.49. The first kappa shape index (κ1) is 23.3. The van der Waals surface area contributed by atoms with E-state index in [9.17, 15) is 17.6 Å². The summed E-state index contributed by atoms with van der Waals surface area (Å²) in [6, 6.07) is 0.317. The Morgan fingerprint density at radius 2 is 1.81 bits per heavy atom. The lowest BCUT2D eigenvalue weighted by molar-refractivity contribution is -0.0469. The van der Waals surface area contributed by atoms with Crippen LogP contribution in [0, 0.1) is 0 Å². The molecule has 1 aliphatic heterocycles. The summed E-state index contributed by atoms with van der Waals surface area (Å²) in [5.74, 6) is -6.25. The van der Waals surface area contributed by atoms with Gasteiger partial charge in [-0.1, -0.05) is 26.7 Å². The summed E-state index contributed by atoms with van der Waals surface area (Å²) < 4.78 is 57.3. The van der Waals surface area contributed by atoms with Crippen molar-refractivity contribution in [3.63, 3.8) is 0 Å². The topological polar surface area (TPSA) is 6.48 Å². The molecular weight excluding hydrogens is 344 g/mol. The molecule has 2 nitrogen and oxygen atoms in total. The molecule has 154 valence electrons. The Hall–Kier alpha value is -0.780. The quantitative estimate of drug-likeness (QED) is 0.410. The van der Waals surface area contributed by atoms with Gasteiger partial charge in [0.1, 0.15) is 0 Å². The Labute approximate surface area is 156 Å². The minimum Gasteiger partial charge on any atom is -0.374 e. The van der Waals surface area contributed by atoms with Gasteiger partial charge in [-0.2, -0.15) is 0 Å². The summed E-state index contributed by atoms with van der Waals surface area (Å²) in [7, 11) is 1.82. The molecule has 0 aromatic rings. The van der Waals surface area contributed by atoms with Gasteiger partial charge >= 0.3 is 0 Å². The molecule has 0 saturated carbocycles. The summed E-state index contributed by atoms with van der Waals surface area (Å²) in [4.78, 5) is 3.70. The van der Waals surface area contributed by atoms with Crippen molar-refractivity contribution in [1.82, 2.24) is 9.80 Å². The molecule has 1 heterocycles.